The molecule has 0 aromatic carbocycles. The number of carboxylic acids is 1. The topological polar surface area (TPSA) is 52.6 Å². The average Bonchev–Trinajstić information content (AvgIpc) is 2.42. The van der Waals surface area contributed by atoms with Crippen LogP contribution in [0.3, 0.4) is 0 Å². The van der Waals surface area contributed by atoms with Gasteiger partial charge in [0.15, 0.2) is 0 Å². The predicted octanol–water partition coefficient (Wildman–Crippen LogP) is 3.27. The minimum absolute atomic E-state index is 0.718. The van der Waals surface area contributed by atoms with Crippen molar-refractivity contribution in [1.29, 1.82) is 0 Å². The molecule has 2 N–H and O–H groups in total. The highest BCUT2D eigenvalue weighted by Gasteiger charge is 2.31. The van der Waals surface area contributed by atoms with Crippen molar-refractivity contribution in [3.05, 3.63) is 0 Å². The van der Waals surface area contributed by atoms with Crippen LogP contribution in [0.25, 0.3) is 0 Å². The lowest BCUT2D eigenvalue weighted by atomic mass is 9.94. The number of carboxylic acid groups (broad SMARTS) is 1. The summed E-state index contributed by atoms with van der Waals surface area (Å²) in [5, 5.41) is 12.6. The number of rotatable bonds is 9. The van der Waals surface area contributed by atoms with E-state index in [1.165, 1.54) is 45.2 Å². The number of unbranched alkanes of at least 4 members (excludes halogenated alkanes) is 1. The van der Waals surface area contributed by atoms with Gasteiger partial charge in [0.1, 0.15) is 5.54 Å². The molecular weight excluding hydrogens is 264 g/mol. The molecule has 124 valence electrons. The Bertz CT molecular complexity index is 289. The molecule has 4 heteroatoms. The lowest BCUT2D eigenvalue weighted by molar-refractivity contribution is -0.144. The first-order valence-corrected chi connectivity index (χ1v) is 8.79. The van der Waals surface area contributed by atoms with Crippen LogP contribution in [0, 0.1) is 0 Å². The van der Waals surface area contributed by atoms with Crippen molar-refractivity contribution < 1.29 is 9.90 Å². The number of carbonyl (C=O) groups is 1. The summed E-state index contributed by atoms with van der Waals surface area (Å²) in [5.41, 5.74) is -0.758. The fourth-order valence-electron chi connectivity index (χ4n) is 3.02. The standard InChI is InChI=1S/C17H34N2O2/c1-3-12-18-17(2,16(20)21)11-7-10-15-19-13-8-5-4-6-9-14-19/h18H,3-15H2,1-2H3,(H,20,21). The molecule has 0 aromatic rings. The first kappa shape index (κ1) is 18.4. The van der Waals surface area contributed by atoms with Gasteiger partial charge in [0.25, 0.3) is 0 Å². The first-order chi connectivity index (χ1) is 10.1. The Hall–Kier alpha value is -0.610. The summed E-state index contributed by atoms with van der Waals surface area (Å²) in [4.78, 5) is 14.0. The van der Waals surface area contributed by atoms with Gasteiger partial charge in [-0.15, -0.1) is 0 Å². The Morgan fingerprint density at radius 3 is 2.33 bits per heavy atom. The van der Waals surface area contributed by atoms with E-state index in [2.05, 4.69) is 17.1 Å². The second-order valence-electron chi connectivity index (χ2n) is 6.63. The zero-order valence-corrected chi connectivity index (χ0v) is 14.0. The van der Waals surface area contributed by atoms with E-state index in [1.54, 1.807) is 0 Å². The number of nitrogens with one attached hydrogen (secondary N) is 1. The SMILES string of the molecule is CCCNC(C)(CCCCN1CCCCCCC1)C(=O)O. The van der Waals surface area contributed by atoms with Gasteiger partial charge in [-0.05, 0) is 71.6 Å². The highest BCUT2D eigenvalue weighted by atomic mass is 16.4. The van der Waals surface area contributed by atoms with Gasteiger partial charge < -0.3 is 15.3 Å². The minimum atomic E-state index is -0.758. The van der Waals surface area contributed by atoms with Crippen LogP contribution in [0.1, 0.15) is 71.6 Å². The second kappa shape index (κ2) is 10.2. The quantitative estimate of drug-likeness (QED) is 0.642. The second-order valence-corrected chi connectivity index (χ2v) is 6.63. The van der Waals surface area contributed by atoms with Crippen molar-refractivity contribution in [2.24, 2.45) is 0 Å². The molecule has 0 saturated carbocycles. The summed E-state index contributed by atoms with van der Waals surface area (Å²) in [5.74, 6) is -0.720. The first-order valence-electron chi connectivity index (χ1n) is 8.79. The normalized spacial score (nSPS) is 20.5. The van der Waals surface area contributed by atoms with Gasteiger partial charge in [0, 0.05) is 0 Å². The van der Waals surface area contributed by atoms with Crippen molar-refractivity contribution in [3.8, 4) is 0 Å². The Labute approximate surface area is 130 Å². The summed E-state index contributed by atoms with van der Waals surface area (Å²) in [7, 11) is 0. The van der Waals surface area contributed by atoms with Crippen molar-refractivity contribution in [2.45, 2.75) is 77.2 Å². The van der Waals surface area contributed by atoms with Crippen LogP contribution < -0.4 is 5.32 Å². The molecular formula is C17H34N2O2. The van der Waals surface area contributed by atoms with E-state index in [0.717, 1.165) is 38.8 Å². The molecule has 1 aliphatic rings. The molecule has 0 bridgehead atoms. The highest BCUT2D eigenvalue weighted by Crippen LogP contribution is 2.16. The fourth-order valence-corrected chi connectivity index (χ4v) is 3.02. The van der Waals surface area contributed by atoms with Crippen LogP contribution in [0.5, 0.6) is 0 Å². The average molecular weight is 298 g/mol. The van der Waals surface area contributed by atoms with Crippen LogP contribution in [-0.2, 0) is 4.79 Å². The number of nitrogens with zero attached hydrogens (tertiary/aromatic N) is 1. The third kappa shape index (κ3) is 7.28. The van der Waals surface area contributed by atoms with Crippen molar-refractivity contribution in [2.75, 3.05) is 26.2 Å². The Morgan fingerprint density at radius 1 is 1.14 bits per heavy atom. The molecule has 0 aromatic heterocycles. The lowest BCUT2D eigenvalue weighted by Gasteiger charge is -2.28. The van der Waals surface area contributed by atoms with E-state index >= 15 is 0 Å². The summed E-state index contributed by atoms with van der Waals surface area (Å²) < 4.78 is 0. The maximum atomic E-state index is 11.4. The summed E-state index contributed by atoms with van der Waals surface area (Å²) in [6.45, 7) is 8.24. The molecule has 0 aliphatic carbocycles. The monoisotopic (exact) mass is 298 g/mol. The van der Waals surface area contributed by atoms with Gasteiger partial charge in [-0.1, -0.05) is 26.2 Å². The van der Waals surface area contributed by atoms with Gasteiger partial charge in [0.05, 0.1) is 0 Å². The molecule has 1 atom stereocenters. The van der Waals surface area contributed by atoms with Gasteiger partial charge in [-0.2, -0.15) is 0 Å². The van der Waals surface area contributed by atoms with E-state index in [1.807, 2.05) is 6.92 Å². The molecule has 1 unspecified atom stereocenters. The molecule has 21 heavy (non-hydrogen) atoms. The summed E-state index contributed by atoms with van der Waals surface area (Å²) in [6, 6.07) is 0. The molecule has 1 aliphatic heterocycles. The van der Waals surface area contributed by atoms with Gasteiger partial charge >= 0.3 is 5.97 Å². The number of hydrogen-bond donors (Lipinski definition) is 2. The third-order valence-electron chi connectivity index (χ3n) is 4.59. The minimum Gasteiger partial charge on any atom is -0.480 e. The van der Waals surface area contributed by atoms with Crippen molar-refractivity contribution in [1.82, 2.24) is 10.2 Å². The van der Waals surface area contributed by atoms with Crippen molar-refractivity contribution in [3.63, 3.8) is 0 Å². The van der Waals surface area contributed by atoms with Gasteiger partial charge in [-0.3, -0.25) is 4.79 Å². The third-order valence-corrected chi connectivity index (χ3v) is 4.59. The Kier molecular flexibility index (Phi) is 8.93. The summed E-state index contributed by atoms with van der Waals surface area (Å²) >= 11 is 0. The molecule has 1 heterocycles. The fraction of sp³-hybridized carbons (Fsp3) is 0.941. The number of hydrogen-bond acceptors (Lipinski definition) is 3. The molecule has 0 amide bonds. The highest BCUT2D eigenvalue weighted by molar-refractivity contribution is 5.78. The van der Waals surface area contributed by atoms with Crippen LogP contribution >= 0.6 is 0 Å². The Morgan fingerprint density at radius 2 is 1.76 bits per heavy atom. The summed E-state index contributed by atoms with van der Waals surface area (Å²) in [6.07, 6.45) is 10.6. The van der Waals surface area contributed by atoms with E-state index in [4.69, 9.17) is 0 Å². The smallest absolute Gasteiger partial charge is 0.323 e. The van der Waals surface area contributed by atoms with Gasteiger partial charge in [-0.25, -0.2) is 0 Å². The van der Waals surface area contributed by atoms with E-state index in [0.29, 0.717) is 0 Å². The predicted molar refractivity (Wildman–Crippen MR) is 87.7 cm³/mol. The van der Waals surface area contributed by atoms with E-state index in [-0.39, 0.29) is 0 Å². The molecule has 1 saturated heterocycles. The number of aliphatic carboxylic acids is 1. The zero-order valence-electron chi connectivity index (χ0n) is 14.0. The number of likely N-dealkylation sites (tertiary alicyclic amines) is 1. The molecule has 0 radical (unpaired) electrons. The van der Waals surface area contributed by atoms with Crippen LogP contribution in [0.2, 0.25) is 0 Å². The van der Waals surface area contributed by atoms with Crippen LogP contribution in [0.4, 0.5) is 0 Å². The Balaban J connectivity index is 2.24. The van der Waals surface area contributed by atoms with Crippen molar-refractivity contribution >= 4 is 5.97 Å². The van der Waals surface area contributed by atoms with E-state index in [9.17, 15) is 9.90 Å². The van der Waals surface area contributed by atoms with Crippen LogP contribution in [-0.4, -0.2) is 47.7 Å². The van der Waals surface area contributed by atoms with Gasteiger partial charge in [0.2, 0.25) is 0 Å². The molecule has 1 rings (SSSR count). The maximum Gasteiger partial charge on any atom is 0.323 e. The molecule has 4 nitrogen and oxygen atoms in total. The molecule has 0 spiro atoms. The van der Waals surface area contributed by atoms with E-state index < -0.39 is 11.5 Å². The zero-order chi connectivity index (χ0) is 15.6. The lowest BCUT2D eigenvalue weighted by Crippen LogP contribution is -2.49. The molecule has 1 fully saturated rings. The maximum absolute atomic E-state index is 11.4. The van der Waals surface area contributed by atoms with Crippen LogP contribution in [0.15, 0.2) is 0 Å². The largest absolute Gasteiger partial charge is 0.480 e.